The van der Waals surface area contributed by atoms with E-state index in [2.05, 4.69) is 10.3 Å². The van der Waals surface area contributed by atoms with Gasteiger partial charge in [0, 0.05) is 18.2 Å². The van der Waals surface area contributed by atoms with E-state index >= 15 is 0 Å². The zero-order chi connectivity index (χ0) is 15.6. The van der Waals surface area contributed by atoms with Gasteiger partial charge in [-0.1, -0.05) is 0 Å². The summed E-state index contributed by atoms with van der Waals surface area (Å²) in [6.07, 6.45) is 1.03. The summed E-state index contributed by atoms with van der Waals surface area (Å²) >= 11 is 0. The van der Waals surface area contributed by atoms with E-state index in [0.29, 0.717) is 0 Å². The van der Waals surface area contributed by atoms with Crippen molar-refractivity contribution >= 4 is 23.0 Å². The molecule has 108 valence electrons. The second-order valence-corrected chi connectivity index (χ2v) is 3.94. The smallest absolute Gasteiger partial charge is 0.287 e. The first-order chi connectivity index (χ1) is 9.88. The molecule has 0 atom stereocenters. The number of non-ortho nitro benzene ring substituents is 1. The molecule has 1 aromatic heterocycles. The molecular formula is C11H8N4O6. The minimum atomic E-state index is -0.779. The number of aromatic hydroxyl groups is 1. The number of nitrogens with zero attached hydrogens (tertiary/aromatic N) is 2. The largest absolute Gasteiger partial charge is 0.506 e. The molecule has 0 saturated heterocycles. The van der Waals surface area contributed by atoms with Gasteiger partial charge in [0.1, 0.15) is 11.4 Å². The Morgan fingerprint density at radius 2 is 1.81 bits per heavy atom. The molecule has 1 aromatic carbocycles. The van der Waals surface area contributed by atoms with E-state index in [4.69, 9.17) is 0 Å². The normalized spacial score (nSPS) is 10.1. The Bertz CT molecular complexity index is 738. The van der Waals surface area contributed by atoms with Gasteiger partial charge in [-0.25, -0.2) is 0 Å². The average Bonchev–Trinajstić information content (AvgIpc) is 2.90. The Labute approximate surface area is 116 Å². The fourth-order valence-corrected chi connectivity index (χ4v) is 1.55. The van der Waals surface area contributed by atoms with Crippen molar-refractivity contribution < 1.29 is 19.7 Å². The fraction of sp³-hybridized carbons (Fsp3) is 0. The number of phenols is 1. The SMILES string of the molecule is O=C(Nc1cc([N+](=O)[O-])ccc1O)c1cc([N+](=O)[O-])c[nH]1. The predicted octanol–water partition coefficient (Wildman–Crippen LogP) is 1.79. The maximum absolute atomic E-state index is 11.8. The Kier molecular flexibility index (Phi) is 3.52. The first-order valence-corrected chi connectivity index (χ1v) is 5.50. The van der Waals surface area contributed by atoms with Gasteiger partial charge >= 0.3 is 0 Å². The van der Waals surface area contributed by atoms with Crippen molar-refractivity contribution in [3.63, 3.8) is 0 Å². The van der Waals surface area contributed by atoms with E-state index in [1.165, 1.54) is 0 Å². The van der Waals surface area contributed by atoms with E-state index in [1.54, 1.807) is 0 Å². The van der Waals surface area contributed by atoms with E-state index in [-0.39, 0.29) is 28.5 Å². The molecule has 3 N–H and O–H groups in total. The van der Waals surface area contributed by atoms with Crippen LogP contribution in [0.1, 0.15) is 10.5 Å². The van der Waals surface area contributed by atoms with Gasteiger partial charge in [-0.05, 0) is 6.07 Å². The lowest BCUT2D eigenvalue weighted by atomic mass is 10.2. The number of H-pyrrole nitrogens is 1. The molecule has 1 heterocycles. The van der Waals surface area contributed by atoms with Crippen molar-refractivity contribution in [2.45, 2.75) is 0 Å². The number of benzene rings is 1. The van der Waals surface area contributed by atoms with Crippen LogP contribution in [-0.2, 0) is 0 Å². The molecule has 10 nitrogen and oxygen atoms in total. The first kappa shape index (κ1) is 14.0. The van der Waals surface area contributed by atoms with Crippen LogP contribution >= 0.6 is 0 Å². The van der Waals surface area contributed by atoms with E-state index in [0.717, 1.165) is 30.5 Å². The number of nitro groups is 2. The molecule has 1 amide bonds. The van der Waals surface area contributed by atoms with E-state index in [9.17, 15) is 30.1 Å². The lowest BCUT2D eigenvalue weighted by molar-refractivity contribution is -0.384. The van der Waals surface area contributed by atoms with Gasteiger partial charge in [-0.15, -0.1) is 0 Å². The molecular weight excluding hydrogens is 284 g/mol. The van der Waals surface area contributed by atoms with Crippen LogP contribution in [0.4, 0.5) is 17.1 Å². The molecule has 0 aliphatic heterocycles. The summed E-state index contributed by atoms with van der Waals surface area (Å²) in [5, 5.41) is 32.9. The Morgan fingerprint density at radius 3 is 2.38 bits per heavy atom. The van der Waals surface area contributed by atoms with Gasteiger partial charge in [-0.3, -0.25) is 25.0 Å². The summed E-state index contributed by atoms with van der Waals surface area (Å²) in [7, 11) is 0. The highest BCUT2D eigenvalue weighted by atomic mass is 16.6. The van der Waals surface area contributed by atoms with Gasteiger partial charge in [0.15, 0.2) is 0 Å². The van der Waals surface area contributed by atoms with Crippen LogP contribution in [0.5, 0.6) is 5.75 Å². The number of anilines is 1. The number of aromatic nitrogens is 1. The Morgan fingerprint density at radius 1 is 1.14 bits per heavy atom. The lowest BCUT2D eigenvalue weighted by Gasteiger charge is -2.05. The molecule has 0 fully saturated rings. The minimum Gasteiger partial charge on any atom is -0.506 e. The standard InChI is InChI=1S/C11H8N4O6/c16-10-2-1-6(14(18)19)3-8(10)13-11(17)9-4-7(5-12-9)15(20)21/h1-5,12,16H,(H,13,17). The van der Waals surface area contributed by atoms with Crippen LogP contribution in [0, 0.1) is 20.2 Å². The summed E-state index contributed by atoms with van der Waals surface area (Å²) in [6, 6.07) is 4.11. The molecule has 0 unspecified atom stereocenters. The third-order valence-corrected chi connectivity index (χ3v) is 2.56. The molecule has 0 spiro atoms. The molecule has 0 aliphatic rings. The lowest BCUT2D eigenvalue weighted by Crippen LogP contribution is -2.12. The third kappa shape index (κ3) is 2.94. The van der Waals surface area contributed by atoms with E-state index in [1.807, 2.05) is 0 Å². The van der Waals surface area contributed by atoms with Gasteiger partial charge in [-0.2, -0.15) is 0 Å². The van der Waals surface area contributed by atoms with Crippen molar-refractivity contribution in [3.8, 4) is 5.75 Å². The molecule has 0 saturated carbocycles. The zero-order valence-corrected chi connectivity index (χ0v) is 10.3. The van der Waals surface area contributed by atoms with Gasteiger partial charge in [0.25, 0.3) is 17.3 Å². The number of rotatable bonds is 4. The summed E-state index contributed by atoms with van der Waals surface area (Å²) < 4.78 is 0. The highest BCUT2D eigenvalue weighted by Gasteiger charge is 2.17. The highest BCUT2D eigenvalue weighted by Crippen LogP contribution is 2.28. The number of amides is 1. The number of aromatic amines is 1. The first-order valence-electron chi connectivity index (χ1n) is 5.50. The highest BCUT2D eigenvalue weighted by molar-refractivity contribution is 6.04. The van der Waals surface area contributed by atoms with Crippen LogP contribution in [0.15, 0.2) is 30.5 Å². The molecule has 0 aliphatic carbocycles. The van der Waals surface area contributed by atoms with Crippen LogP contribution in [0.2, 0.25) is 0 Å². The van der Waals surface area contributed by atoms with Crippen LogP contribution in [0.25, 0.3) is 0 Å². The molecule has 0 bridgehead atoms. The number of hydrogen-bond acceptors (Lipinski definition) is 6. The van der Waals surface area contributed by atoms with Crippen molar-refractivity contribution in [1.29, 1.82) is 0 Å². The maximum Gasteiger partial charge on any atom is 0.287 e. The Balaban J connectivity index is 2.24. The maximum atomic E-state index is 11.8. The predicted molar refractivity (Wildman–Crippen MR) is 70.2 cm³/mol. The van der Waals surface area contributed by atoms with Crippen LogP contribution < -0.4 is 5.32 Å². The van der Waals surface area contributed by atoms with Gasteiger partial charge in [0.05, 0.1) is 21.7 Å². The number of carbonyl (C=O) groups is 1. The van der Waals surface area contributed by atoms with E-state index < -0.39 is 15.8 Å². The summed E-state index contributed by atoms with van der Waals surface area (Å²) in [5.74, 6) is -1.14. The monoisotopic (exact) mass is 292 g/mol. The second kappa shape index (κ2) is 5.28. The molecule has 0 radical (unpaired) electrons. The number of nitrogens with one attached hydrogen (secondary N) is 2. The van der Waals surface area contributed by atoms with Crippen molar-refractivity contribution in [3.05, 3.63) is 56.4 Å². The number of carbonyl (C=O) groups excluding carboxylic acids is 1. The van der Waals surface area contributed by atoms with Crippen LogP contribution in [-0.4, -0.2) is 25.8 Å². The van der Waals surface area contributed by atoms with Gasteiger partial charge < -0.3 is 15.4 Å². The topological polar surface area (TPSA) is 151 Å². The zero-order valence-electron chi connectivity index (χ0n) is 10.3. The summed E-state index contributed by atoms with van der Waals surface area (Å²) in [6.45, 7) is 0. The Hall–Kier alpha value is -3.43. The quantitative estimate of drug-likeness (QED) is 0.443. The van der Waals surface area contributed by atoms with Gasteiger partial charge in [0.2, 0.25) is 0 Å². The number of hydrogen-bond donors (Lipinski definition) is 3. The summed E-state index contributed by atoms with van der Waals surface area (Å²) in [4.78, 5) is 34.0. The third-order valence-electron chi connectivity index (χ3n) is 2.56. The number of nitro benzene ring substituents is 1. The molecule has 21 heavy (non-hydrogen) atoms. The molecule has 2 aromatic rings. The fourth-order valence-electron chi connectivity index (χ4n) is 1.55. The average molecular weight is 292 g/mol. The number of phenolic OH excluding ortho intramolecular Hbond substituents is 1. The summed E-state index contributed by atoms with van der Waals surface area (Å²) in [5.41, 5.74) is -0.914. The molecule has 2 rings (SSSR count). The second-order valence-electron chi connectivity index (χ2n) is 3.94. The minimum absolute atomic E-state index is 0.118. The van der Waals surface area contributed by atoms with Crippen LogP contribution in [0.3, 0.4) is 0 Å². The van der Waals surface area contributed by atoms with Crippen molar-refractivity contribution in [1.82, 2.24) is 4.98 Å². The van der Waals surface area contributed by atoms with Crippen molar-refractivity contribution in [2.24, 2.45) is 0 Å². The van der Waals surface area contributed by atoms with Crippen molar-refractivity contribution in [2.75, 3.05) is 5.32 Å². The molecule has 10 heteroatoms.